The molecule has 0 bridgehead atoms. The van der Waals surface area contributed by atoms with E-state index in [4.69, 9.17) is 9.26 Å². The number of pyridine rings is 1. The number of halogens is 3. The molecule has 30 heavy (non-hydrogen) atoms. The van der Waals surface area contributed by atoms with Crippen molar-refractivity contribution in [1.82, 2.24) is 25.8 Å². The van der Waals surface area contributed by atoms with Gasteiger partial charge >= 0.3 is 6.18 Å². The first-order valence-corrected chi connectivity index (χ1v) is 9.08. The van der Waals surface area contributed by atoms with Gasteiger partial charge in [-0.25, -0.2) is 0 Å². The van der Waals surface area contributed by atoms with Crippen LogP contribution in [0.3, 0.4) is 0 Å². The first kappa shape index (κ1) is 21.5. The Morgan fingerprint density at radius 2 is 2.03 bits per heavy atom. The fraction of sp³-hybridized carbons (Fsp3) is 0.500. The molecule has 1 aliphatic rings. The lowest BCUT2D eigenvalue weighted by Gasteiger charge is -2.25. The molecule has 2 aromatic heterocycles. The van der Waals surface area contributed by atoms with Crippen LogP contribution in [0.5, 0.6) is 5.75 Å². The van der Waals surface area contributed by atoms with Crippen LogP contribution < -0.4 is 15.4 Å². The average Bonchev–Trinajstić information content (AvgIpc) is 3.44. The summed E-state index contributed by atoms with van der Waals surface area (Å²) in [6, 6.07) is 1.14. The molecule has 3 rings (SSSR count). The van der Waals surface area contributed by atoms with Gasteiger partial charge in [0.25, 0.3) is 11.8 Å². The van der Waals surface area contributed by atoms with Crippen LogP contribution in [0, 0.1) is 6.92 Å². The lowest BCUT2D eigenvalue weighted by Crippen LogP contribution is -2.54. The normalized spacial score (nSPS) is 15.9. The number of nitrogens with one attached hydrogen (secondary N) is 2. The van der Waals surface area contributed by atoms with Crippen molar-refractivity contribution in [2.24, 2.45) is 0 Å². The van der Waals surface area contributed by atoms with Crippen molar-refractivity contribution in [1.29, 1.82) is 0 Å². The lowest BCUT2D eigenvalue weighted by molar-refractivity contribution is -0.153. The minimum atomic E-state index is -4.53. The number of rotatable bonds is 7. The Morgan fingerprint density at radius 1 is 1.33 bits per heavy atom. The third-order valence-electron chi connectivity index (χ3n) is 4.56. The molecule has 1 fully saturated rings. The maximum atomic E-state index is 12.8. The van der Waals surface area contributed by atoms with Gasteiger partial charge in [-0.2, -0.15) is 18.2 Å². The van der Waals surface area contributed by atoms with Gasteiger partial charge in [0.2, 0.25) is 11.7 Å². The molecule has 0 aromatic carbocycles. The van der Waals surface area contributed by atoms with E-state index in [1.54, 1.807) is 0 Å². The fourth-order valence-electron chi connectivity index (χ4n) is 2.81. The third kappa shape index (κ3) is 4.69. The second kappa shape index (κ2) is 7.92. The molecule has 12 heteroatoms. The van der Waals surface area contributed by atoms with Crippen LogP contribution in [0.4, 0.5) is 13.2 Å². The van der Waals surface area contributed by atoms with Gasteiger partial charge in [-0.15, -0.1) is 0 Å². The van der Waals surface area contributed by atoms with Gasteiger partial charge in [-0.3, -0.25) is 14.6 Å². The van der Waals surface area contributed by atoms with E-state index in [0.717, 1.165) is 18.9 Å². The monoisotopic (exact) mass is 427 g/mol. The highest BCUT2D eigenvalue weighted by atomic mass is 19.4. The highest BCUT2D eigenvalue weighted by Crippen LogP contribution is 2.44. The standard InChI is InChI=1S/C18H20F3N5O4/c1-9-24-15(26-30-9)17(2,16(28)22-3)25-14(27)12-6-13(29-8-18(19,20)21)11(7-23-12)10-4-5-10/h6-7,10H,4-5,8H2,1-3H3,(H,22,28)(H,25,27)/t17-/m0/s1. The van der Waals surface area contributed by atoms with E-state index in [2.05, 4.69) is 25.8 Å². The van der Waals surface area contributed by atoms with Gasteiger partial charge in [0.15, 0.2) is 12.1 Å². The van der Waals surface area contributed by atoms with E-state index >= 15 is 0 Å². The highest BCUT2D eigenvalue weighted by Gasteiger charge is 2.41. The highest BCUT2D eigenvalue weighted by molar-refractivity contribution is 5.98. The second-order valence-corrected chi connectivity index (χ2v) is 7.08. The zero-order valence-electron chi connectivity index (χ0n) is 16.5. The van der Waals surface area contributed by atoms with Gasteiger partial charge in [0.05, 0.1) is 0 Å². The molecule has 0 saturated heterocycles. The Morgan fingerprint density at radius 3 is 2.57 bits per heavy atom. The molecular formula is C18H20F3N5O4. The molecule has 2 heterocycles. The van der Waals surface area contributed by atoms with Gasteiger partial charge in [0.1, 0.15) is 11.4 Å². The van der Waals surface area contributed by atoms with E-state index in [0.29, 0.717) is 5.56 Å². The van der Waals surface area contributed by atoms with Crippen molar-refractivity contribution in [3.05, 3.63) is 35.2 Å². The zero-order valence-corrected chi connectivity index (χ0v) is 16.5. The summed E-state index contributed by atoms with van der Waals surface area (Å²) in [6.45, 7) is 1.40. The number of nitrogens with zero attached hydrogens (tertiary/aromatic N) is 3. The predicted molar refractivity (Wildman–Crippen MR) is 95.7 cm³/mol. The molecule has 2 amide bonds. The summed E-state index contributed by atoms with van der Waals surface area (Å²) in [5.74, 6) is -1.36. The molecule has 1 saturated carbocycles. The molecular weight excluding hydrogens is 407 g/mol. The molecule has 0 radical (unpaired) electrons. The van der Waals surface area contributed by atoms with Crippen molar-refractivity contribution in [3.63, 3.8) is 0 Å². The molecule has 1 aliphatic carbocycles. The summed E-state index contributed by atoms with van der Waals surface area (Å²) in [5.41, 5.74) is -1.40. The summed E-state index contributed by atoms with van der Waals surface area (Å²) in [7, 11) is 1.37. The van der Waals surface area contributed by atoms with Crippen LogP contribution in [-0.4, -0.2) is 46.8 Å². The molecule has 1 atom stereocenters. The number of carbonyl (C=O) groups is 2. The predicted octanol–water partition coefficient (Wildman–Crippen LogP) is 1.98. The molecule has 9 nitrogen and oxygen atoms in total. The summed E-state index contributed by atoms with van der Waals surface area (Å²) in [5, 5.41) is 8.57. The molecule has 0 spiro atoms. The summed E-state index contributed by atoms with van der Waals surface area (Å²) < 4.78 is 47.6. The van der Waals surface area contributed by atoms with Crippen molar-refractivity contribution >= 4 is 11.8 Å². The average molecular weight is 427 g/mol. The van der Waals surface area contributed by atoms with Crippen molar-refractivity contribution in [3.8, 4) is 5.75 Å². The Kier molecular flexibility index (Phi) is 5.68. The largest absolute Gasteiger partial charge is 0.484 e. The Hall–Kier alpha value is -3.18. The number of hydrogen-bond acceptors (Lipinski definition) is 7. The number of hydrogen-bond donors (Lipinski definition) is 2. The summed E-state index contributed by atoms with van der Waals surface area (Å²) in [4.78, 5) is 33.3. The second-order valence-electron chi connectivity index (χ2n) is 7.08. The number of aryl methyl sites for hydroxylation is 1. The van der Waals surface area contributed by atoms with Crippen molar-refractivity contribution in [2.45, 2.75) is 44.3 Å². The van der Waals surface area contributed by atoms with Gasteiger partial charge in [-0.05, 0) is 25.7 Å². The van der Waals surface area contributed by atoms with E-state index in [-0.39, 0.29) is 29.1 Å². The molecule has 0 unspecified atom stereocenters. The van der Waals surface area contributed by atoms with Crippen LogP contribution in [0.15, 0.2) is 16.8 Å². The van der Waals surface area contributed by atoms with Crippen molar-refractivity contribution < 1.29 is 32.0 Å². The molecule has 162 valence electrons. The lowest BCUT2D eigenvalue weighted by atomic mass is 9.99. The van der Waals surface area contributed by atoms with Gasteiger partial charge < -0.3 is 19.9 Å². The quantitative estimate of drug-likeness (QED) is 0.693. The van der Waals surface area contributed by atoms with Crippen LogP contribution in [0.2, 0.25) is 0 Å². The minimum Gasteiger partial charge on any atom is -0.484 e. The van der Waals surface area contributed by atoms with Crippen LogP contribution in [0.25, 0.3) is 0 Å². The first-order chi connectivity index (χ1) is 14.0. The molecule has 2 aromatic rings. The molecule has 0 aliphatic heterocycles. The van der Waals surface area contributed by atoms with Gasteiger partial charge in [-0.1, -0.05) is 5.16 Å². The number of amides is 2. The first-order valence-electron chi connectivity index (χ1n) is 9.08. The fourth-order valence-corrected chi connectivity index (χ4v) is 2.81. The smallest absolute Gasteiger partial charge is 0.422 e. The van der Waals surface area contributed by atoms with E-state index < -0.39 is 30.1 Å². The Labute approximate surface area is 169 Å². The summed E-state index contributed by atoms with van der Waals surface area (Å²) >= 11 is 0. The topological polar surface area (TPSA) is 119 Å². The SMILES string of the molecule is CNC(=O)[C@@](C)(NC(=O)c1cc(OCC(F)(F)F)c(C2CC2)cn1)c1noc(C)n1. The number of likely N-dealkylation sites (N-methyl/N-ethyl adjacent to an activating group) is 1. The minimum absolute atomic E-state index is 0.0521. The van der Waals surface area contributed by atoms with Crippen LogP contribution >= 0.6 is 0 Å². The maximum Gasteiger partial charge on any atom is 0.422 e. The zero-order chi connectivity index (χ0) is 22.1. The van der Waals surface area contributed by atoms with E-state index in [1.165, 1.54) is 27.1 Å². The Bertz CT molecular complexity index is 958. The van der Waals surface area contributed by atoms with E-state index in [9.17, 15) is 22.8 Å². The third-order valence-corrected chi connectivity index (χ3v) is 4.56. The van der Waals surface area contributed by atoms with E-state index in [1.807, 2.05) is 0 Å². The number of carbonyl (C=O) groups excluding carboxylic acids is 2. The molecule has 2 N–H and O–H groups in total. The van der Waals surface area contributed by atoms with Crippen molar-refractivity contribution in [2.75, 3.05) is 13.7 Å². The van der Waals surface area contributed by atoms with Crippen LogP contribution in [-0.2, 0) is 10.3 Å². The Balaban J connectivity index is 1.88. The van der Waals surface area contributed by atoms with Crippen LogP contribution in [0.1, 0.15) is 53.5 Å². The number of alkyl halides is 3. The number of aromatic nitrogens is 3. The van der Waals surface area contributed by atoms with Gasteiger partial charge in [0, 0.05) is 31.8 Å². The number of ether oxygens (including phenoxy) is 1. The summed E-state index contributed by atoms with van der Waals surface area (Å²) in [6.07, 6.45) is -1.59. The maximum absolute atomic E-state index is 12.8.